The summed E-state index contributed by atoms with van der Waals surface area (Å²) in [6.07, 6.45) is 2.29. The van der Waals surface area contributed by atoms with Crippen LogP contribution in [-0.4, -0.2) is 65.6 Å². The molecule has 2 N–H and O–H groups in total. The topological polar surface area (TPSA) is 87.2 Å². The second-order valence-corrected chi connectivity index (χ2v) is 4.87. The van der Waals surface area contributed by atoms with E-state index in [0.717, 1.165) is 10.5 Å². The molecule has 2 rings (SSSR count). The lowest BCUT2D eigenvalue weighted by Crippen LogP contribution is -2.80. The predicted molar refractivity (Wildman–Crippen MR) is 73.2 cm³/mol. The van der Waals surface area contributed by atoms with Gasteiger partial charge in [0, 0.05) is 25.8 Å². The molecule has 7 heteroatoms. The van der Waals surface area contributed by atoms with Crippen molar-refractivity contribution < 1.29 is 19.7 Å². The second-order valence-electron chi connectivity index (χ2n) is 4.87. The van der Waals surface area contributed by atoms with Crippen LogP contribution in [0.2, 0.25) is 0 Å². The Balaban J connectivity index is 2.40. The van der Waals surface area contributed by atoms with E-state index in [1.54, 1.807) is 13.2 Å². The highest BCUT2D eigenvalue weighted by Crippen LogP contribution is 2.20. The minimum atomic E-state index is -0.577. The fourth-order valence-corrected chi connectivity index (χ4v) is 2.32. The SMILES string of the molecule is CC1=C[NH+]=C2C(C(=O)N(C)C(=O)N2C)C1=NCCCO. The van der Waals surface area contributed by atoms with Gasteiger partial charge >= 0.3 is 6.03 Å². The quantitative estimate of drug-likeness (QED) is 0.607. The van der Waals surface area contributed by atoms with Crippen molar-refractivity contribution in [3.8, 4) is 0 Å². The number of carbonyl (C=O) groups excluding carboxylic acids is 2. The second kappa shape index (κ2) is 5.54. The summed E-state index contributed by atoms with van der Waals surface area (Å²) in [5.41, 5.74) is 1.52. The van der Waals surface area contributed by atoms with E-state index in [9.17, 15) is 9.59 Å². The number of hydrogen-bond acceptors (Lipinski definition) is 4. The molecule has 1 unspecified atom stereocenters. The zero-order chi connectivity index (χ0) is 14.9. The predicted octanol–water partition coefficient (Wildman–Crippen LogP) is -1.65. The van der Waals surface area contributed by atoms with E-state index >= 15 is 0 Å². The van der Waals surface area contributed by atoms with E-state index in [0.29, 0.717) is 24.5 Å². The Bertz CT molecular complexity index is 536. The van der Waals surface area contributed by atoms with Gasteiger partial charge < -0.3 is 5.11 Å². The number of nitrogens with zero attached hydrogens (tertiary/aromatic N) is 3. The zero-order valence-corrected chi connectivity index (χ0v) is 11.9. The number of nitrogens with one attached hydrogen (secondary N) is 1. The molecule has 0 radical (unpaired) electrons. The van der Waals surface area contributed by atoms with Gasteiger partial charge in [-0.2, -0.15) is 4.90 Å². The van der Waals surface area contributed by atoms with Crippen molar-refractivity contribution >= 4 is 23.5 Å². The number of carbonyl (C=O) groups is 2. The van der Waals surface area contributed by atoms with Crippen molar-refractivity contribution in [1.82, 2.24) is 9.80 Å². The average molecular weight is 279 g/mol. The standard InChI is InChI=1S/C13H18N4O3/c1-8-7-15-11-9(10(8)14-5-4-6-18)12(19)17(3)13(20)16(11)2/h7,9,18H,4-6H2,1-3H3/p+1. The molecule has 1 atom stereocenters. The first-order valence-electron chi connectivity index (χ1n) is 6.50. The maximum Gasteiger partial charge on any atom is 0.417 e. The normalized spacial score (nSPS) is 24.8. The molecule has 108 valence electrons. The number of urea groups is 1. The minimum absolute atomic E-state index is 0.0608. The molecule has 0 aromatic carbocycles. The van der Waals surface area contributed by atoms with Gasteiger partial charge in [0.05, 0.1) is 19.0 Å². The van der Waals surface area contributed by atoms with Crippen LogP contribution in [0.3, 0.4) is 0 Å². The molecule has 2 heterocycles. The molecule has 0 aromatic rings. The van der Waals surface area contributed by atoms with Crippen LogP contribution in [0.4, 0.5) is 4.79 Å². The summed E-state index contributed by atoms with van der Waals surface area (Å²) in [7, 11) is 3.09. The molecular weight excluding hydrogens is 260 g/mol. The first-order valence-corrected chi connectivity index (χ1v) is 6.50. The molecule has 1 fully saturated rings. The van der Waals surface area contributed by atoms with Crippen LogP contribution < -0.4 is 4.99 Å². The maximum atomic E-state index is 12.4. The molecule has 0 bridgehead atoms. The molecule has 3 amide bonds. The number of aliphatic hydroxyl groups excluding tert-OH is 1. The molecule has 0 spiro atoms. The number of aliphatic imine (C=N–C) groups is 1. The Kier molecular flexibility index (Phi) is 3.99. The lowest BCUT2D eigenvalue weighted by Gasteiger charge is -2.32. The number of allylic oxidation sites excluding steroid dienone is 1. The molecule has 7 nitrogen and oxygen atoms in total. The van der Waals surface area contributed by atoms with Crippen molar-refractivity contribution in [3.05, 3.63) is 11.8 Å². The van der Waals surface area contributed by atoms with Crippen molar-refractivity contribution in [3.63, 3.8) is 0 Å². The van der Waals surface area contributed by atoms with Crippen LogP contribution in [0, 0.1) is 5.92 Å². The van der Waals surface area contributed by atoms with Crippen LogP contribution in [0.1, 0.15) is 13.3 Å². The van der Waals surface area contributed by atoms with Gasteiger partial charge in [0.1, 0.15) is 0 Å². The van der Waals surface area contributed by atoms with E-state index < -0.39 is 5.92 Å². The number of rotatable bonds is 3. The lowest BCUT2D eigenvalue weighted by atomic mass is 9.91. The number of fused-ring (bicyclic) bond motifs is 1. The number of amides is 3. The molecular formula is C13H19N4O3+. The van der Waals surface area contributed by atoms with Gasteiger partial charge in [-0.25, -0.2) is 14.7 Å². The summed E-state index contributed by atoms with van der Waals surface area (Å²) in [5, 5.41) is 8.84. The van der Waals surface area contributed by atoms with Crippen LogP contribution >= 0.6 is 0 Å². The highest BCUT2D eigenvalue weighted by Gasteiger charge is 2.50. The fraction of sp³-hybridized carbons (Fsp3) is 0.538. The van der Waals surface area contributed by atoms with Gasteiger partial charge in [-0.15, -0.1) is 0 Å². The summed E-state index contributed by atoms with van der Waals surface area (Å²) in [6.45, 7) is 2.38. The number of hydrogen-bond donors (Lipinski definition) is 2. The third-order valence-electron chi connectivity index (χ3n) is 3.50. The van der Waals surface area contributed by atoms with Crippen molar-refractivity contribution in [2.45, 2.75) is 13.3 Å². The van der Waals surface area contributed by atoms with Crippen LogP contribution in [-0.2, 0) is 4.79 Å². The van der Waals surface area contributed by atoms with Gasteiger partial charge in [-0.05, 0) is 13.3 Å². The number of aliphatic hydroxyl groups is 1. The highest BCUT2D eigenvalue weighted by atomic mass is 16.3. The fourth-order valence-electron chi connectivity index (χ4n) is 2.32. The smallest absolute Gasteiger partial charge is 0.396 e. The lowest BCUT2D eigenvalue weighted by molar-refractivity contribution is -0.383. The first-order chi connectivity index (χ1) is 9.49. The summed E-state index contributed by atoms with van der Waals surface area (Å²) >= 11 is 0. The third-order valence-corrected chi connectivity index (χ3v) is 3.50. The van der Waals surface area contributed by atoms with Crippen molar-refractivity contribution in [2.24, 2.45) is 10.9 Å². The largest absolute Gasteiger partial charge is 0.417 e. The molecule has 2 aliphatic rings. The minimum Gasteiger partial charge on any atom is -0.396 e. The van der Waals surface area contributed by atoms with Crippen molar-refractivity contribution in [1.29, 1.82) is 0 Å². The highest BCUT2D eigenvalue weighted by molar-refractivity contribution is 6.31. The Morgan fingerprint density at radius 1 is 1.35 bits per heavy atom. The summed E-state index contributed by atoms with van der Waals surface area (Å²) in [6, 6.07) is -0.364. The zero-order valence-electron chi connectivity index (χ0n) is 11.9. The van der Waals surface area contributed by atoms with Crippen LogP contribution in [0.5, 0.6) is 0 Å². The Morgan fingerprint density at radius 2 is 2.05 bits per heavy atom. The van der Waals surface area contributed by atoms with Crippen LogP contribution in [0.25, 0.3) is 0 Å². The first kappa shape index (κ1) is 14.4. The summed E-state index contributed by atoms with van der Waals surface area (Å²) < 4.78 is 0. The van der Waals surface area contributed by atoms with Gasteiger partial charge in [0.25, 0.3) is 11.7 Å². The summed E-state index contributed by atoms with van der Waals surface area (Å²) in [5.74, 6) is -0.330. The average Bonchev–Trinajstić information content (AvgIpc) is 2.44. The molecule has 0 aliphatic carbocycles. The number of amidine groups is 1. The Hall–Kier alpha value is -2.02. The van der Waals surface area contributed by atoms with Gasteiger partial charge in [0.2, 0.25) is 0 Å². The maximum absolute atomic E-state index is 12.4. The van der Waals surface area contributed by atoms with Crippen LogP contribution in [0.15, 0.2) is 16.8 Å². The van der Waals surface area contributed by atoms with E-state index in [1.807, 2.05) is 6.92 Å². The molecule has 0 aromatic heterocycles. The monoisotopic (exact) mass is 279 g/mol. The van der Waals surface area contributed by atoms with E-state index in [1.165, 1.54) is 11.9 Å². The molecule has 1 saturated heterocycles. The van der Waals surface area contributed by atoms with E-state index in [-0.39, 0.29) is 18.5 Å². The Labute approximate surface area is 117 Å². The van der Waals surface area contributed by atoms with Gasteiger partial charge in [0.15, 0.2) is 5.92 Å². The van der Waals surface area contributed by atoms with Gasteiger partial charge in [-0.1, -0.05) is 0 Å². The number of imide groups is 1. The van der Waals surface area contributed by atoms with Gasteiger partial charge in [-0.3, -0.25) is 9.79 Å². The molecule has 20 heavy (non-hydrogen) atoms. The van der Waals surface area contributed by atoms with E-state index in [2.05, 4.69) is 9.98 Å². The Morgan fingerprint density at radius 3 is 2.70 bits per heavy atom. The van der Waals surface area contributed by atoms with E-state index in [4.69, 9.17) is 5.11 Å². The summed E-state index contributed by atoms with van der Waals surface area (Å²) in [4.78, 5) is 34.2. The third kappa shape index (κ3) is 2.24. The van der Waals surface area contributed by atoms with Crippen molar-refractivity contribution in [2.75, 3.05) is 27.2 Å². The molecule has 0 saturated carbocycles. The molecule has 2 aliphatic heterocycles.